The van der Waals surface area contributed by atoms with E-state index in [0.717, 1.165) is 17.5 Å². The van der Waals surface area contributed by atoms with E-state index < -0.39 is 0 Å². The van der Waals surface area contributed by atoms with Gasteiger partial charge in [0.1, 0.15) is 0 Å². The monoisotopic (exact) mass is 293 g/mol. The molecule has 0 saturated heterocycles. The second kappa shape index (κ2) is 8.69. The van der Waals surface area contributed by atoms with Gasteiger partial charge in [0, 0.05) is 11.1 Å². The normalized spacial score (nSPS) is 17.5. The fourth-order valence-electron chi connectivity index (χ4n) is 3.34. The first-order chi connectivity index (χ1) is 9.79. The number of halogens is 1. The molecule has 0 aromatic heterocycles. The number of hydrogen-bond donors (Lipinski definition) is 1. The van der Waals surface area contributed by atoms with Gasteiger partial charge in [-0.15, -0.1) is 0 Å². The van der Waals surface area contributed by atoms with Gasteiger partial charge in [0.25, 0.3) is 0 Å². The summed E-state index contributed by atoms with van der Waals surface area (Å²) in [5, 5.41) is 4.56. The Bertz CT molecular complexity index is 368. The van der Waals surface area contributed by atoms with Crippen molar-refractivity contribution in [2.24, 2.45) is 5.92 Å². The fourth-order valence-corrected chi connectivity index (χ4v) is 3.46. The van der Waals surface area contributed by atoms with E-state index in [4.69, 9.17) is 11.6 Å². The van der Waals surface area contributed by atoms with Crippen molar-refractivity contribution in [3.8, 4) is 0 Å². The molecule has 1 N–H and O–H groups in total. The third kappa shape index (κ3) is 5.10. The van der Waals surface area contributed by atoms with Crippen molar-refractivity contribution < 1.29 is 0 Å². The molecule has 1 aromatic rings. The summed E-state index contributed by atoms with van der Waals surface area (Å²) in [4.78, 5) is 0. The van der Waals surface area contributed by atoms with Crippen LogP contribution in [0, 0.1) is 5.92 Å². The molecule has 112 valence electrons. The molecule has 1 unspecified atom stereocenters. The van der Waals surface area contributed by atoms with Gasteiger partial charge in [0.05, 0.1) is 0 Å². The maximum Gasteiger partial charge on any atom is 0.0406 e. The summed E-state index contributed by atoms with van der Waals surface area (Å²) in [6.45, 7) is 3.40. The molecule has 0 amide bonds. The minimum absolute atomic E-state index is 0.487. The van der Waals surface area contributed by atoms with Crippen LogP contribution in [0.5, 0.6) is 0 Å². The van der Waals surface area contributed by atoms with E-state index >= 15 is 0 Å². The van der Waals surface area contributed by atoms with Crippen LogP contribution in [0.15, 0.2) is 24.3 Å². The molecule has 1 atom stereocenters. The van der Waals surface area contributed by atoms with Gasteiger partial charge in [0.15, 0.2) is 0 Å². The Labute approximate surface area is 129 Å². The van der Waals surface area contributed by atoms with Gasteiger partial charge in [0.2, 0.25) is 0 Å². The standard InChI is InChI=1S/C18H28ClN/c1-2-6-18(16-10-12-17(19)13-11-16)20-14-5-9-15-7-3-4-8-15/h10-13,15,18,20H,2-9,14H2,1H3. The van der Waals surface area contributed by atoms with Gasteiger partial charge in [-0.3, -0.25) is 0 Å². The molecule has 1 fully saturated rings. The molecule has 1 saturated carbocycles. The summed E-state index contributed by atoms with van der Waals surface area (Å²) in [6, 6.07) is 8.81. The van der Waals surface area contributed by atoms with E-state index in [1.807, 2.05) is 12.1 Å². The summed E-state index contributed by atoms with van der Waals surface area (Å²) >= 11 is 5.97. The Morgan fingerprint density at radius 3 is 2.55 bits per heavy atom. The van der Waals surface area contributed by atoms with Crippen molar-refractivity contribution in [3.05, 3.63) is 34.9 Å². The van der Waals surface area contributed by atoms with Gasteiger partial charge in [-0.1, -0.05) is 62.8 Å². The summed E-state index contributed by atoms with van der Waals surface area (Å²) in [7, 11) is 0. The molecule has 1 aliphatic rings. The first kappa shape index (κ1) is 15.9. The maximum absolute atomic E-state index is 5.97. The topological polar surface area (TPSA) is 12.0 Å². The van der Waals surface area contributed by atoms with Crippen molar-refractivity contribution in [2.45, 2.75) is 64.3 Å². The lowest BCUT2D eigenvalue weighted by Crippen LogP contribution is -2.22. The van der Waals surface area contributed by atoms with Crippen molar-refractivity contribution >= 4 is 11.6 Å². The Morgan fingerprint density at radius 2 is 1.90 bits per heavy atom. The molecule has 0 radical (unpaired) electrons. The van der Waals surface area contributed by atoms with E-state index in [1.54, 1.807) is 0 Å². The SMILES string of the molecule is CCCC(NCCCC1CCCC1)c1ccc(Cl)cc1. The van der Waals surface area contributed by atoms with Gasteiger partial charge >= 0.3 is 0 Å². The van der Waals surface area contributed by atoms with Crippen LogP contribution in [-0.4, -0.2) is 6.54 Å². The van der Waals surface area contributed by atoms with Gasteiger partial charge in [-0.05, 0) is 49.4 Å². The third-order valence-corrected chi connectivity index (χ3v) is 4.76. The van der Waals surface area contributed by atoms with Crippen LogP contribution in [0.4, 0.5) is 0 Å². The van der Waals surface area contributed by atoms with E-state index in [2.05, 4.69) is 24.4 Å². The van der Waals surface area contributed by atoms with Crippen molar-refractivity contribution in [1.29, 1.82) is 0 Å². The molecule has 0 aliphatic heterocycles. The Hall–Kier alpha value is -0.530. The largest absolute Gasteiger partial charge is 0.310 e. The number of hydrogen-bond acceptors (Lipinski definition) is 1. The quantitative estimate of drug-likeness (QED) is 0.603. The van der Waals surface area contributed by atoms with Crippen LogP contribution in [0.1, 0.15) is 69.9 Å². The molecule has 20 heavy (non-hydrogen) atoms. The van der Waals surface area contributed by atoms with Crippen LogP contribution < -0.4 is 5.32 Å². The van der Waals surface area contributed by atoms with Crippen molar-refractivity contribution in [3.63, 3.8) is 0 Å². The zero-order valence-electron chi connectivity index (χ0n) is 12.7. The molecular formula is C18H28ClN. The minimum atomic E-state index is 0.487. The second-order valence-electron chi connectivity index (χ2n) is 6.14. The van der Waals surface area contributed by atoms with Gasteiger partial charge in [-0.2, -0.15) is 0 Å². The number of benzene rings is 1. The summed E-state index contributed by atoms with van der Waals surface area (Å²) < 4.78 is 0. The Balaban J connectivity index is 1.75. The molecule has 2 rings (SSSR count). The highest BCUT2D eigenvalue weighted by Gasteiger charge is 2.15. The van der Waals surface area contributed by atoms with Crippen LogP contribution in [0.3, 0.4) is 0 Å². The smallest absolute Gasteiger partial charge is 0.0406 e. The van der Waals surface area contributed by atoms with Crippen molar-refractivity contribution in [1.82, 2.24) is 5.32 Å². The lowest BCUT2D eigenvalue weighted by molar-refractivity contribution is 0.437. The average molecular weight is 294 g/mol. The molecule has 0 bridgehead atoms. The fraction of sp³-hybridized carbons (Fsp3) is 0.667. The first-order valence-corrected chi connectivity index (χ1v) is 8.66. The van der Waals surface area contributed by atoms with Crippen LogP contribution in [0.25, 0.3) is 0 Å². The Kier molecular flexibility index (Phi) is 6.89. The highest BCUT2D eigenvalue weighted by atomic mass is 35.5. The highest BCUT2D eigenvalue weighted by molar-refractivity contribution is 6.30. The zero-order chi connectivity index (χ0) is 14.2. The molecule has 1 aliphatic carbocycles. The maximum atomic E-state index is 5.97. The average Bonchev–Trinajstić information content (AvgIpc) is 2.96. The molecular weight excluding hydrogens is 266 g/mol. The molecule has 0 heterocycles. The van der Waals surface area contributed by atoms with Gasteiger partial charge in [-0.25, -0.2) is 0 Å². The first-order valence-electron chi connectivity index (χ1n) is 8.28. The van der Waals surface area contributed by atoms with E-state index in [0.29, 0.717) is 6.04 Å². The predicted octanol–water partition coefficient (Wildman–Crippen LogP) is 5.74. The molecule has 1 aromatic carbocycles. The predicted molar refractivity (Wildman–Crippen MR) is 88.3 cm³/mol. The van der Waals surface area contributed by atoms with E-state index in [9.17, 15) is 0 Å². The Morgan fingerprint density at radius 1 is 1.20 bits per heavy atom. The van der Waals surface area contributed by atoms with Crippen LogP contribution in [0.2, 0.25) is 5.02 Å². The number of rotatable bonds is 8. The molecule has 2 heteroatoms. The summed E-state index contributed by atoms with van der Waals surface area (Å²) in [6.07, 6.45) is 11.0. The summed E-state index contributed by atoms with van der Waals surface area (Å²) in [5.74, 6) is 1.01. The zero-order valence-corrected chi connectivity index (χ0v) is 13.5. The van der Waals surface area contributed by atoms with Crippen molar-refractivity contribution in [2.75, 3.05) is 6.54 Å². The molecule has 0 spiro atoms. The van der Waals surface area contributed by atoms with Crippen LogP contribution >= 0.6 is 11.6 Å². The molecule has 1 nitrogen and oxygen atoms in total. The van der Waals surface area contributed by atoms with E-state index in [-0.39, 0.29) is 0 Å². The highest BCUT2D eigenvalue weighted by Crippen LogP contribution is 2.28. The second-order valence-corrected chi connectivity index (χ2v) is 6.58. The minimum Gasteiger partial charge on any atom is -0.310 e. The lowest BCUT2D eigenvalue weighted by atomic mass is 10.00. The third-order valence-electron chi connectivity index (χ3n) is 4.50. The number of nitrogens with one attached hydrogen (secondary N) is 1. The summed E-state index contributed by atoms with van der Waals surface area (Å²) in [5.41, 5.74) is 1.37. The van der Waals surface area contributed by atoms with Crippen LogP contribution in [-0.2, 0) is 0 Å². The van der Waals surface area contributed by atoms with E-state index in [1.165, 1.54) is 56.9 Å². The van der Waals surface area contributed by atoms with Gasteiger partial charge < -0.3 is 5.32 Å². The lowest BCUT2D eigenvalue weighted by Gasteiger charge is -2.19.